The second kappa shape index (κ2) is 7.94. The highest BCUT2D eigenvalue weighted by Gasteiger charge is 2.15. The number of rotatable bonds is 6. The van der Waals surface area contributed by atoms with E-state index in [4.69, 9.17) is 4.42 Å². The van der Waals surface area contributed by atoms with Crippen LogP contribution in [0, 0.1) is 0 Å². The van der Waals surface area contributed by atoms with Crippen LogP contribution in [0.1, 0.15) is 18.5 Å². The zero-order chi connectivity index (χ0) is 18.6. The SMILES string of the molecule is CC(NC(=O)CSc1nnc(-c2cccs2)o1)c1cccc2ccccc12. The number of nitrogens with one attached hydrogen (secondary N) is 1. The molecule has 7 heteroatoms. The van der Waals surface area contributed by atoms with Crippen LogP contribution >= 0.6 is 23.1 Å². The average Bonchev–Trinajstić information content (AvgIpc) is 3.37. The van der Waals surface area contributed by atoms with Gasteiger partial charge in [-0.15, -0.1) is 21.5 Å². The molecule has 5 nitrogen and oxygen atoms in total. The predicted octanol–water partition coefficient (Wildman–Crippen LogP) is 4.92. The van der Waals surface area contributed by atoms with Gasteiger partial charge in [0.25, 0.3) is 11.1 Å². The molecule has 0 spiro atoms. The van der Waals surface area contributed by atoms with E-state index in [0.717, 1.165) is 21.2 Å². The first-order valence-electron chi connectivity index (χ1n) is 8.48. The fraction of sp³-hybridized carbons (Fsp3) is 0.150. The molecular weight excluding hydrogens is 378 g/mol. The second-order valence-electron chi connectivity index (χ2n) is 6.00. The van der Waals surface area contributed by atoms with Crippen LogP contribution in [0.5, 0.6) is 0 Å². The van der Waals surface area contributed by atoms with Crippen LogP contribution in [0.2, 0.25) is 0 Å². The number of amides is 1. The van der Waals surface area contributed by atoms with Crippen molar-refractivity contribution in [3.05, 3.63) is 65.5 Å². The minimum absolute atomic E-state index is 0.0729. The molecule has 1 atom stereocenters. The Morgan fingerprint density at radius 2 is 2.00 bits per heavy atom. The molecule has 2 aromatic carbocycles. The number of hydrogen-bond donors (Lipinski definition) is 1. The van der Waals surface area contributed by atoms with Gasteiger partial charge in [0, 0.05) is 0 Å². The Labute approximate surface area is 164 Å². The van der Waals surface area contributed by atoms with Gasteiger partial charge in [-0.25, -0.2) is 0 Å². The summed E-state index contributed by atoms with van der Waals surface area (Å²) >= 11 is 2.78. The molecule has 0 saturated carbocycles. The summed E-state index contributed by atoms with van der Waals surface area (Å²) in [6.45, 7) is 1.99. The highest BCUT2D eigenvalue weighted by atomic mass is 32.2. The van der Waals surface area contributed by atoms with Crippen molar-refractivity contribution in [2.24, 2.45) is 0 Å². The van der Waals surface area contributed by atoms with Crippen molar-refractivity contribution in [2.75, 3.05) is 5.75 Å². The molecule has 27 heavy (non-hydrogen) atoms. The molecule has 1 N–H and O–H groups in total. The summed E-state index contributed by atoms with van der Waals surface area (Å²) in [5, 5.41) is 15.7. The van der Waals surface area contributed by atoms with E-state index in [1.807, 2.05) is 48.7 Å². The molecular formula is C20H17N3O2S2. The molecule has 0 aliphatic heterocycles. The highest BCUT2D eigenvalue weighted by Crippen LogP contribution is 2.27. The normalized spacial score (nSPS) is 12.2. The van der Waals surface area contributed by atoms with Crippen molar-refractivity contribution in [1.82, 2.24) is 15.5 Å². The van der Waals surface area contributed by atoms with Gasteiger partial charge in [-0.1, -0.05) is 60.3 Å². The fourth-order valence-corrected chi connectivity index (χ4v) is 4.10. The van der Waals surface area contributed by atoms with Crippen molar-refractivity contribution in [1.29, 1.82) is 0 Å². The van der Waals surface area contributed by atoms with Crippen LogP contribution in [-0.4, -0.2) is 21.9 Å². The number of hydrogen-bond acceptors (Lipinski definition) is 6. The third-order valence-electron chi connectivity index (χ3n) is 4.13. The quantitative estimate of drug-likeness (QED) is 0.469. The third-order valence-corrected chi connectivity index (χ3v) is 5.81. The molecule has 0 saturated heterocycles. The van der Waals surface area contributed by atoms with Crippen LogP contribution in [0.25, 0.3) is 21.5 Å². The molecule has 0 aliphatic carbocycles. The lowest BCUT2D eigenvalue weighted by atomic mass is 10.00. The Morgan fingerprint density at radius 3 is 2.85 bits per heavy atom. The number of thioether (sulfide) groups is 1. The molecule has 2 aromatic heterocycles. The van der Waals surface area contributed by atoms with E-state index < -0.39 is 0 Å². The van der Waals surface area contributed by atoms with Crippen LogP contribution in [0.4, 0.5) is 0 Å². The first-order chi connectivity index (χ1) is 13.2. The van der Waals surface area contributed by atoms with Gasteiger partial charge in [-0.2, -0.15) is 0 Å². The molecule has 4 aromatic rings. The molecule has 4 rings (SSSR count). The van der Waals surface area contributed by atoms with Crippen LogP contribution in [0.15, 0.2) is 69.6 Å². The Bertz CT molecular complexity index is 1050. The summed E-state index contributed by atoms with van der Waals surface area (Å²) in [6, 6.07) is 18.1. The maximum atomic E-state index is 12.4. The third kappa shape index (κ3) is 4.04. The summed E-state index contributed by atoms with van der Waals surface area (Å²) in [5.41, 5.74) is 1.10. The van der Waals surface area contributed by atoms with Crippen molar-refractivity contribution in [2.45, 2.75) is 18.2 Å². The van der Waals surface area contributed by atoms with Gasteiger partial charge in [0.1, 0.15) is 0 Å². The van der Waals surface area contributed by atoms with Crippen molar-refractivity contribution >= 4 is 39.8 Å². The van der Waals surface area contributed by atoms with Crippen LogP contribution in [0.3, 0.4) is 0 Å². The first kappa shape index (κ1) is 17.8. The summed E-state index contributed by atoms with van der Waals surface area (Å²) in [6.07, 6.45) is 0. The number of fused-ring (bicyclic) bond motifs is 1. The number of aromatic nitrogens is 2. The Balaban J connectivity index is 1.38. The minimum Gasteiger partial charge on any atom is -0.410 e. The van der Waals surface area contributed by atoms with Crippen molar-refractivity contribution in [3.8, 4) is 10.8 Å². The largest absolute Gasteiger partial charge is 0.410 e. The number of carbonyl (C=O) groups is 1. The first-order valence-corrected chi connectivity index (χ1v) is 10.3. The standard InChI is InChI=1S/C20H17N3O2S2/c1-13(15-9-4-7-14-6-2-3-8-16(14)15)21-18(24)12-27-20-23-22-19(25-20)17-10-5-11-26-17/h2-11,13H,12H2,1H3,(H,21,24). The second-order valence-corrected chi connectivity index (χ2v) is 7.87. The van der Waals surface area contributed by atoms with E-state index in [9.17, 15) is 4.79 Å². The van der Waals surface area contributed by atoms with Gasteiger partial charge in [-0.05, 0) is 34.7 Å². The minimum atomic E-state index is -0.0893. The summed E-state index contributed by atoms with van der Waals surface area (Å²) in [4.78, 5) is 13.3. The summed E-state index contributed by atoms with van der Waals surface area (Å²) < 4.78 is 5.60. The number of thiophene rings is 1. The maximum Gasteiger partial charge on any atom is 0.277 e. The van der Waals surface area contributed by atoms with Crippen molar-refractivity contribution in [3.63, 3.8) is 0 Å². The Kier molecular flexibility index (Phi) is 5.22. The lowest BCUT2D eigenvalue weighted by Crippen LogP contribution is -2.28. The summed E-state index contributed by atoms with van der Waals surface area (Å²) in [7, 11) is 0. The van der Waals surface area contributed by atoms with E-state index in [-0.39, 0.29) is 17.7 Å². The van der Waals surface area contributed by atoms with E-state index in [0.29, 0.717) is 11.1 Å². The van der Waals surface area contributed by atoms with Crippen molar-refractivity contribution < 1.29 is 9.21 Å². The smallest absolute Gasteiger partial charge is 0.277 e. The van der Waals surface area contributed by atoms with E-state index in [1.54, 1.807) is 0 Å². The van der Waals surface area contributed by atoms with Gasteiger partial charge in [0.05, 0.1) is 16.7 Å². The maximum absolute atomic E-state index is 12.4. The topological polar surface area (TPSA) is 68.0 Å². The molecule has 136 valence electrons. The average molecular weight is 396 g/mol. The molecule has 0 bridgehead atoms. The molecule has 0 aliphatic rings. The number of carbonyl (C=O) groups excluding carboxylic acids is 1. The zero-order valence-electron chi connectivity index (χ0n) is 14.6. The zero-order valence-corrected chi connectivity index (χ0v) is 16.2. The van der Waals surface area contributed by atoms with Gasteiger partial charge >= 0.3 is 0 Å². The fourth-order valence-electron chi connectivity index (χ4n) is 2.88. The van der Waals surface area contributed by atoms with E-state index in [2.05, 4.69) is 33.7 Å². The van der Waals surface area contributed by atoms with Crippen LogP contribution in [-0.2, 0) is 4.79 Å². The molecule has 0 fully saturated rings. The van der Waals surface area contributed by atoms with Gasteiger partial charge in [0.15, 0.2) is 0 Å². The molecule has 1 unspecified atom stereocenters. The Morgan fingerprint density at radius 1 is 1.15 bits per heavy atom. The van der Waals surface area contributed by atoms with Gasteiger partial charge in [0.2, 0.25) is 5.91 Å². The van der Waals surface area contributed by atoms with Crippen LogP contribution < -0.4 is 5.32 Å². The Hall–Kier alpha value is -2.64. The van der Waals surface area contributed by atoms with Gasteiger partial charge in [-0.3, -0.25) is 4.79 Å². The molecule has 1 amide bonds. The number of benzene rings is 2. The van der Waals surface area contributed by atoms with E-state index >= 15 is 0 Å². The molecule has 0 radical (unpaired) electrons. The van der Waals surface area contributed by atoms with Gasteiger partial charge < -0.3 is 9.73 Å². The monoisotopic (exact) mass is 395 g/mol. The number of nitrogens with zero attached hydrogens (tertiary/aromatic N) is 2. The lowest BCUT2D eigenvalue weighted by molar-refractivity contribution is -0.119. The molecule has 2 heterocycles. The lowest BCUT2D eigenvalue weighted by Gasteiger charge is -2.16. The summed E-state index contributed by atoms with van der Waals surface area (Å²) in [5.74, 6) is 0.634. The highest BCUT2D eigenvalue weighted by molar-refractivity contribution is 7.99. The van der Waals surface area contributed by atoms with E-state index in [1.165, 1.54) is 23.1 Å². The predicted molar refractivity (Wildman–Crippen MR) is 109 cm³/mol.